The van der Waals surface area contributed by atoms with E-state index in [2.05, 4.69) is 21.2 Å². The van der Waals surface area contributed by atoms with Gasteiger partial charge in [-0.1, -0.05) is 15.9 Å². The smallest absolute Gasteiger partial charge is 0.161 e. The van der Waals surface area contributed by atoms with Crippen LogP contribution in [0.1, 0.15) is 5.56 Å². The molecule has 3 nitrogen and oxygen atoms in total. The maximum atomic E-state index is 12.8. The van der Waals surface area contributed by atoms with Crippen LogP contribution in [0.3, 0.4) is 0 Å². The van der Waals surface area contributed by atoms with Crippen molar-refractivity contribution in [2.75, 3.05) is 19.5 Å². The zero-order chi connectivity index (χ0) is 14.5. The van der Waals surface area contributed by atoms with Crippen molar-refractivity contribution in [1.29, 1.82) is 0 Å². The first kappa shape index (κ1) is 14.7. The number of anilines is 1. The molecule has 0 atom stereocenters. The molecule has 0 fully saturated rings. The van der Waals surface area contributed by atoms with Gasteiger partial charge in [-0.25, -0.2) is 4.39 Å². The minimum atomic E-state index is -0.247. The summed E-state index contributed by atoms with van der Waals surface area (Å²) < 4.78 is 24.3. The molecule has 20 heavy (non-hydrogen) atoms. The van der Waals surface area contributed by atoms with Crippen LogP contribution in [0.15, 0.2) is 40.9 Å². The van der Waals surface area contributed by atoms with Gasteiger partial charge in [0.15, 0.2) is 11.5 Å². The molecule has 0 aliphatic carbocycles. The number of rotatable bonds is 5. The maximum Gasteiger partial charge on any atom is 0.161 e. The third kappa shape index (κ3) is 3.42. The molecule has 0 heterocycles. The highest BCUT2D eigenvalue weighted by Gasteiger charge is 2.09. The zero-order valence-electron chi connectivity index (χ0n) is 11.2. The van der Waals surface area contributed by atoms with Crippen LogP contribution >= 0.6 is 15.9 Å². The topological polar surface area (TPSA) is 30.5 Å². The van der Waals surface area contributed by atoms with Gasteiger partial charge >= 0.3 is 0 Å². The first-order chi connectivity index (χ1) is 9.63. The van der Waals surface area contributed by atoms with E-state index in [-0.39, 0.29) is 5.82 Å². The number of nitrogens with one attached hydrogen (secondary N) is 1. The van der Waals surface area contributed by atoms with Crippen molar-refractivity contribution in [3.05, 3.63) is 52.3 Å². The highest BCUT2D eigenvalue weighted by atomic mass is 79.9. The third-order valence-electron chi connectivity index (χ3n) is 2.88. The van der Waals surface area contributed by atoms with E-state index in [1.807, 2.05) is 12.1 Å². The quantitative estimate of drug-likeness (QED) is 0.884. The molecule has 1 N–H and O–H groups in total. The summed E-state index contributed by atoms with van der Waals surface area (Å²) in [5.74, 6) is 1.10. The van der Waals surface area contributed by atoms with Crippen LogP contribution in [0.25, 0.3) is 0 Å². The second kappa shape index (κ2) is 6.61. The molecule has 0 spiro atoms. The molecule has 0 saturated carbocycles. The summed E-state index contributed by atoms with van der Waals surface area (Å²) in [4.78, 5) is 0. The number of hydrogen-bond acceptors (Lipinski definition) is 3. The lowest BCUT2D eigenvalue weighted by Crippen LogP contribution is -2.01. The minimum absolute atomic E-state index is 0.247. The fourth-order valence-electron chi connectivity index (χ4n) is 1.80. The molecule has 0 bridgehead atoms. The highest BCUT2D eigenvalue weighted by molar-refractivity contribution is 9.10. The Kier molecular flexibility index (Phi) is 4.84. The summed E-state index contributed by atoms with van der Waals surface area (Å²) in [5, 5.41) is 3.22. The second-order valence-electron chi connectivity index (χ2n) is 4.16. The molecule has 0 radical (unpaired) electrons. The summed E-state index contributed by atoms with van der Waals surface area (Å²) in [6.45, 7) is 0.590. The van der Waals surface area contributed by atoms with E-state index in [0.29, 0.717) is 18.0 Å². The van der Waals surface area contributed by atoms with Gasteiger partial charge in [0.1, 0.15) is 5.82 Å². The molecule has 0 aliphatic rings. The second-order valence-corrected chi connectivity index (χ2v) is 5.01. The number of ether oxygens (including phenoxy) is 2. The van der Waals surface area contributed by atoms with Crippen molar-refractivity contribution >= 4 is 21.6 Å². The van der Waals surface area contributed by atoms with Gasteiger partial charge in [0, 0.05) is 16.7 Å². The van der Waals surface area contributed by atoms with Gasteiger partial charge in [-0.15, -0.1) is 0 Å². The van der Waals surface area contributed by atoms with Crippen molar-refractivity contribution in [2.45, 2.75) is 6.54 Å². The lowest BCUT2D eigenvalue weighted by Gasteiger charge is -2.13. The van der Waals surface area contributed by atoms with Crippen LogP contribution in [0.2, 0.25) is 0 Å². The van der Waals surface area contributed by atoms with Crippen molar-refractivity contribution < 1.29 is 13.9 Å². The van der Waals surface area contributed by atoms with Gasteiger partial charge in [0.2, 0.25) is 0 Å². The van der Waals surface area contributed by atoms with Crippen LogP contribution in [-0.4, -0.2) is 14.2 Å². The van der Waals surface area contributed by atoms with E-state index < -0.39 is 0 Å². The molecule has 2 rings (SSSR count). The average Bonchev–Trinajstić information content (AvgIpc) is 2.47. The Morgan fingerprint density at radius 3 is 2.25 bits per heavy atom. The normalized spacial score (nSPS) is 10.2. The van der Waals surface area contributed by atoms with Crippen LogP contribution in [0.4, 0.5) is 10.1 Å². The Hall–Kier alpha value is -1.75. The monoisotopic (exact) mass is 339 g/mol. The Morgan fingerprint density at radius 1 is 1.05 bits per heavy atom. The first-order valence-electron chi connectivity index (χ1n) is 6.04. The minimum Gasteiger partial charge on any atom is -0.493 e. The molecular formula is C15H15BrFNO2. The van der Waals surface area contributed by atoms with E-state index >= 15 is 0 Å². The Morgan fingerprint density at radius 2 is 1.65 bits per heavy atom. The van der Waals surface area contributed by atoms with Gasteiger partial charge < -0.3 is 14.8 Å². The number of methoxy groups -OCH3 is 2. The summed E-state index contributed by atoms with van der Waals surface area (Å²) in [7, 11) is 3.20. The van der Waals surface area contributed by atoms with Gasteiger partial charge in [0.05, 0.1) is 14.2 Å². The predicted molar refractivity (Wildman–Crippen MR) is 81.0 cm³/mol. The van der Waals surface area contributed by atoms with Crippen molar-refractivity contribution in [3.63, 3.8) is 0 Å². The lowest BCUT2D eigenvalue weighted by molar-refractivity contribution is 0.354. The first-order valence-corrected chi connectivity index (χ1v) is 6.83. The summed E-state index contributed by atoms with van der Waals surface area (Å²) >= 11 is 3.50. The summed E-state index contributed by atoms with van der Waals surface area (Å²) in [6.07, 6.45) is 0. The van der Waals surface area contributed by atoms with E-state index in [0.717, 1.165) is 15.7 Å². The van der Waals surface area contributed by atoms with E-state index in [1.54, 1.807) is 26.4 Å². The Labute approximate surface area is 125 Å². The van der Waals surface area contributed by atoms with Crippen LogP contribution in [-0.2, 0) is 6.54 Å². The Balaban J connectivity index is 2.14. The fraction of sp³-hybridized carbons (Fsp3) is 0.200. The molecule has 2 aromatic rings. The van der Waals surface area contributed by atoms with Gasteiger partial charge in [-0.3, -0.25) is 0 Å². The van der Waals surface area contributed by atoms with Crippen molar-refractivity contribution in [3.8, 4) is 11.5 Å². The van der Waals surface area contributed by atoms with Crippen LogP contribution < -0.4 is 14.8 Å². The van der Waals surface area contributed by atoms with E-state index in [9.17, 15) is 4.39 Å². The molecule has 0 aromatic heterocycles. The molecule has 0 saturated heterocycles. The standard InChI is InChI=1S/C15H15BrFNO2/c1-19-14-7-10(13(16)8-15(14)20-2)9-18-12-5-3-11(17)4-6-12/h3-8,18H,9H2,1-2H3. The van der Waals surface area contributed by atoms with Crippen LogP contribution in [0, 0.1) is 5.82 Å². The van der Waals surface area contributed by atoms with Crippen molar-refractivity contribution in [2.24, 2.45) is 0 Å². The highest BCUT2D eigenvalue weighted by Crippen LogP contribution is 2.33. The Bertz CT molecular complexity index is 587. The summed E-state index contributed by atoms with van der Waals surface area (Å²) in [5.41, 5.74) is 1.88. The van der Waals surface area contributed by atoms with Gasteiger partial charge in [-0.2, -0.15) is 0 Å². The number of hydrogen-bond donors (Lipinski definition) is 1. The third-order valence-corrected chi connectivity index (χ3v) is 3.62. The largest absolute Gasteiger partial charge is 0.493 e. The predicted octanol–water partition coefficient (Wildman–Crippen LogP) is 4.22. The fourth-order valence-corrected chi connectivity index (χ4v) is 2.26. The molecule has 2 aromatic carbocycles. The molecule has 5 heteroatoms. The van der Waals surface area contributed by atoms with E-state index in [4.69, 9.17) is 9.47 Å². The summed E-state index contributed by atoms with van der Waals surface area (Å²) in [6, 6.07) is 10.0. The molecular weight excluding hydrogens is 325 g/mol. The molecule has 0 amide bonds. The van der Waals surface area contributed by atoms with Crippen molar-refractivity contribution in [1.82, 2.24) is 0 Å². The maximum absolute atomic E-state index is 12.8. The lowest BCUT2D eigenvalue weighted by atomic mass is 10.2. The SMILES string of the molecule is COc1cc(Br)c(CNc2ccc(F)cc2)cc1OC. The molecule has 0 unspecified atom stereocenters. The number of benzene rings is 2. The van der Waals surface area contributed by atoms with Crippen LogP contribution in [0.5, 0.6) is 11.5 Å². The number of halogens is 2. The van der Waals surface area contributed by atoms with Gasteiger partial charge in [-0.05, 0) is 42.0 Å². The average molecular weight is 340 g/mol. The molecule has 0 aliphatic heterocycles. The van der Waals surface area contributed by atoms with Gasteiger partial charge in [0.25, 0.3) is 0 Å². The van der Waals surface area contributed by atoms with E-state index in [1.165, 1.54) is 12.1 Å². The zero-order valence-corrected chi connectivity index (χ0v) is 12.8. The molecule has 106 valence electrons.